The van der Waals surface area contributed by atoms with E-state index in [9.17, 15) is 4.79 Å². The Morgan fingerprint density at radius 2 is 2.16 bits per heavy atom. The number of carbonyl (C=O) groups is 1. The average Bonchev–Trinajstić information content (AvgIpc) is 2.42. The minimum atomic E-state index is -0.0239. The van der Waals surface area contributed by atoms with Gasteiger partial charge in [0.1, 0.15) is 0 Å². The maximum atomic E-state index is 12.2. The van der Waals surface area contributed by atoms with Crippen molar-refractivity contribution in [1.29, 1.82) is 0 Å². The van der Waals surface area contributed by atoms with Crippen LogP contribution in [0.3, 0.4) is 0 Å². The first-order valence-corrected chi connectivity index (χ1v) is 8.15. The normalized spacial score (nSPS) is 18.9. The third-order valence-corrected chi connectivity index (χ3v) is 4.31. The molecule has 0 aliphatic carbocycles. The number of carbonyl (C=O) groups excluding carboxylic acids is 1. The van der Waals surface area contributed by atoms with Crippen LogP contribution in [-0.2, 0) is 17.8 Å². The zero-order valence-corrected chi connectivity index (χ0v) is 12.5. The van der Waals surface area contributed by atoms with Crippen molar-refractivity contribution >= 4 is 17.7 Å². The van der Waals surface area contributed by atoms with Gasteiger partial charge in [0.15, 0.2) is 0 Å². The minimum Gasteiger partial charge on any atom is -0.355 e. The van der Waals surface area contributed by atoms with Crippen LogP contribution in [0.5, 0.6) is 0 Å². The molecule has 0 radical (unpaired) electrons. The second kappa shape index (κ2) is 6.96. The number of hydrogen-bond acceptors (Lipinski definition) is 3. The van der Waals surface area contributed by atoms with Crippen LogP contribution in [0.1, 0.15) is 17.5 Å². The van der Waals surface area contributed by atoms with E-state index >= 15 is 0 Å². The largest absolute Gasteiger partial charge is 0.355 e. The molecule has 1 aromatic rings. The van der Waals surface area contributed by atoms with Gasteiger partial charge in [0.25, 0.3) is 0 Å². The predicted molar refractivity (Wildman–Crippen MR) is 81.4 cm³/mol. The molecule has 0 aromatic heterocycles. The maximum absolute atomic E-state index is 12.2. The molecule has 0 spiro atoms. The molecule has 1 aliphatic rings. The van der Waals surface area contributed by atoms with Gasteiger partial charge in [-0.15, -0.1) is 0 Å². The van der Waals surface area contributed by atoms with E-state index in [1.54, 1.807) is 0 Å². The first-order chi connectivity index (χ1) is 9.22. The molecule has 0 fully saturated rings. The van der Waals surface area contributed by atoms with Gasteiger partial charge < -0.3 is 5.32 Å². The van der Waals surface area contributed by atoms with Crippen molar-refractivity contribution in [2.75, 3.05) is 25.6 Å². The average molecular weight is 278 g/mol. The van der Waals surface area contributed by atoms with Crippen LogP contribution >= 0.6 is 11.8 Å². The standard InChI is InChI=1S/C15H22N2OS/c1-17-11-13-7-4-3-6-12(13)10-14(17)15(18)16-8-5-9-19-2/h3-4,6-7,14H,5,8-11H2,1-2H3,(H,16,18)/t14-/m0/s1. The Morgan fingerprint density at radius 3 is 2.89 bits per heavy atom. The number of nitrogens with one attached hydrogen (secondary N) is 1. The summed E-state index contributed by atoms with van der Waals surface area (Å²) in [6.45, 7) is 1.64. The third kappa shape index (κ3) is 3.74. The van der Waals surface area contributed by atoms with Crippen LogP contribution in [0.4, 0.5) is 0 Å². The van der Waals surface area contributed by atoms with Crippen molar-refractivity contribution in [2.24, 2.45) is 0 Å². The molecule has 2 rings (SSSR count). The zero-order valence-electron chi connectivity index (χ0n) is 11.7. The Kier molecular flexibility index (Phi) is 5.28. The summed E-state index contributed by atoms with van der Waals surface area (Å²) in [6, 6.07) is 8.38. The molecule has 1 heterocycles. The molecule has 1 atom stereocenters. The molecule has 0 unspecified atom stereocenters. The van der Waals surface area contributed by atoms with Crippen LogP contribution in [-0.4, -0.2) is 42.4 Å². The molecule has 1 amide bonds. The van der Waals surface area contributed by atoms with E-state index in [4.69, 9.17) is 0 Å². The maximum Gasteiger partial charge on any atom is 0.237 e. The summed E-state index contributed by atoms with van der Waals surface area (Å²) >= 11 is 1.82. The Hall–Kier alpha value is -1.00. The number of hydrogen-bond donors (Lipinski definition) is 1. The highest BCUT2D eigenvalue weighted by atomic mass is 32.2. The van der Waals surface area contributed by atoms with Gasteiger partial charge in [-0.05, 0) is 43.0 Å². The molecule has 19 heavy (non-hydrogen) atoms. The fraction of sp³-hybridized carbons (Fsp3) is 0.533. The number of benzene rings is 1. The number of nitrogens with zero attached hydrogens (tertiary/aromatic N) is 1. The van der Waals surface area contributed by atoms with Gasteiger partial charge in [0.2, 0.25) is 5.91 Å². The quantitative estimate of drug-likeness (QED) is 0.835. The Balaban J connectivity index is 1.92. The number of thioether (sulfide) groups is 1. The van der Waals surface area contributed by atoms with E-state index in [2.05, 4.69) is 40.7 Å². The van der Waals surface area contributed by atoms with Crippen LogP contribution in [0, 0.1) is 0 Å². The topological polar surface area (TPSA) is 32.3 Å². The molecule has 1 aliphatic heterocycles. The first kappa shape index (κ1) is 14.4. The highest BCUT2D eigenvalue weighted by Gasteiger charge is 2.28. The first-order valence-electron chi connectivity index (χ1n) is 6.76. The molecule has 1 aromatic carbocycles. The van der Waals surface area contributed by atoms with Crippen molar-refractivity contribution in [3.63, 3.8) is 0 Å². The summed E-state index contributed by atoms with van der Waals surface area (Å²) in [4.78, 5) is 14.4. The molecule has 4 heteroatoms. The molecule has 0 bridgehead atoms. The molecule has 3 nitrogen and oxygen atoms in total. The summed E-state index contributed by atoms with van der Waals surface area (Å²) in [5.74, 6) is 1.27. The van der Waals surface area contributed by atoms with Gasteiger partial charge in [-0.2, -0.15) is 11.8 Å². The van der Waals surface area contributed by atoms with Crippen molar-refractivity contribution < 1.29 is 4.79 Å². The van der Waals surface area contributed by atoms with Crippen LogP contribution in [0.15, 0.2) is 24.3 Å². The van der Waals surface area contributed by atoms with Crippen LogP contribution in [0.25, 0.3) is 0 Å². The highest BCUT2D eigenvalue weighted by Crippen LogP contribution is 2.21. The van der Waals surface area contributed by atoms with E-state index in [0.717, 1.165) is 31.7 Å². The summed E-state index contributed by atoms with van der Waals surface area (Å²) in [7, 11) is 2.03. The Morgan fingerprint density at radius 1 is 1.42 bits per heavy atom. The molecule has 104 valence electrons. The lowest BCUT2D eigenvalue weighted by Gasteiger charge is -2.33. The summed E-state index contributed by atoms with van der Waals surface area (Å²) in [5.41, 5.74) is 2.65. The number of likely N-dealkylation sites (N-methyl/N-ethyl adjacent to an activating group) is 1. The lowest BCUT2D eigenvalue weighted by Crippen LogP contribution is -2.48. The second-order valence-corrected chi connectivity index (χ2v) is 6.03. The van der Waals surface area contributed by atoms with Gasteiger partial charge in [-0.3, -0.25) is 9.69 Å². The van der Waals surface area contributed by atoms with E-state index in [0.29, 0.717) is 0 Å². The lowest BCUT2D eigenvalue weighted by molar-refractivity contribution is -0.126. The van der Waals surface area contributed by atoms with Crippen LogP contribution in [0.2, 0.25) is 0 Å². The van der Waals surface area contributed by atoms with Crippen molar-refractivity contribution in [3.8, 4) is 0 Å². The monoisotopic (exact) mass is 278 g/mol. The molecule has 1 N–H and O–H groups in total. The Bertz CT molecular complexity index is 436. The molecular weight excluding hydrogens is 256 g/mol. The van der Waals surface area contributed by atoms with Crippen molar-refractivity contribution in [3.05, 3.63) is 35.4 Å². The summed E-state index contributed by atoms with van der Waals surface area (Å²) in [6.07, 6.45) is 3.95. The summed E-state index contributed by atoms with van der Waals surface area (Å²) in [5, 5.41) is 3.05. The van der Waals surface area contributed by atoms with Crippen molar-refractivity contribution in [2.45, 2.75) is 25.4 Å². The zero-order chi connectivity index (χ0) is 13.7. The van der Waals surface area contributed by atoms with Crippen molar-refractivity contribution in [1.82, 2.24) is 10.2 Å². The van der Waals surface area contributed by atoms with E-state index < -0.39 is 0 Å². The van der Waals surface area contributed by atoms with E-state index in [-0.39, 0.29) is 11.9 Å². The van der Waals surface area contributed by atoms with Gasteiger partial charge in [-0.25, -0.2) is 0 Å². The van der Waals surface area contributed by atoms with Crippen LogP contribution < -0.4 is 5.32 Å². The number of amides is 1. The Labute approximate surface area is 119 Å². The minimum absolute atomic E-state index is 0.0239. The predicted octanol–water partition coefficient (Wildman–Crippen LogP) is 1.91. The SMILES string of the molecule is CSCCCNC(=O)[C@@H]1Cc2ccccc2CN1C. The fourth-order valence-electron chi connectivity index (χ4n) is 2.49. The number of rotatable bonds is 5. The molecule has 0 saturated heterocycles. The summed E-state index contributed by atoms with van der Waals surface area (Å²) < 4.78 is 0. The van der Waals surface area contributed by atoms with E-state index in [1.807, 2.05) is 18.8 Å². The highest BCUT2D eigenvalue weighted by molar-refractivity contribution is 7.98. The second-order valence-electron chi connectivity index (χ2n) is 5.04. The van der Waals surface area contributed by atoms with Gasteiger partial charge in [0, 0.05) is 13.1 Å². The number of fused-ring (bicyclic) bond motifs is 1. The molecule has 0 saturated carbocycles. The van der Waals surface area contributed by atoms with Gasteiger partial charge in [-0.1, -0.05) is 24.3 Å². The third-order valence-electron chi connectivity index (χ3n) is 3.61. The van der Waals surface area contributed by atoms with Gasteiger partial charge >= 0.3 is 0 Å². The fourth-order valence-corrected chi connectivity index (χ4v) is 2.93. The van der Waals surface area contributed by atoms with E-state index in [1.165, 1.54) is 11.1 Å². The van der Waals surface area contributed by atoms with Gasteiger partial charge in [0.05, 0.1) is 6.04 Å². The lowest BCUT2D eigenvalue weighted by atomic mass is 9.94. The molecular formula is C15H22N2OS. The smallest absolute Gasteiger partial charge is 0.237 e.